The number of hydrogen-bond donors (Lipinski definition) is 1. The molecule has 14 heavy (non-hydrogen) atoms. The molecule has 0 saturated carbocycles. The van der Waals surface area contributed by atoms with E-state index in [-0.39, 0.29) is 26.0 Å². The minimum Gasteiger partial charge on any atom is -0.507 e. The molecule has 1 N–H and O–H groups in total. The van der Waals surface area contributed by atoms with Crippen molar-refractivity contribution in [3.8, 4) is 5.75 Å². The van der Waals surface area contributed by atoms with Gasteiger partial charge >= 0.3 is 5.51 Å². The number of phenols is 1. The number of benzene rings is 1. The number of thioether (sulfide) groups is 1. The van der Waals surface area contributed by atoms with Crippen LogP contribution < -0.4 is 0 Å². The number of hydrogen-bond acceptors (Lipinski definition) is 2. The molecule has 0 saturated heterocycles. The van der Waals surface area contributed by atoms with Gasteiger partial charge in [-0.05, 0) is 69.1 Å². The maximum Gasteiger partial charge on any atom is 0.446 e. The molecule has 0 bridgehead atoms. The second-order valence-electron chi connectivity index (χ2n) is 2.28. The largest absolute Gasteiger partial charge is 0.507 e. The zero-order chi connectivity index (χ0) is 10.9. The van der Waals surface area contributed by atoms with E-state index in [1.807, 2.05) is 22.6 Å². The van der Waals surface area contributed by atoms with Crippen LogP contribution in [0.3, 0.4) is 0 Å². The maximum absolute atomic E-state index is 12.1. The number of halogens is 5. The molecule has 1 nitrogen and oxygen atoms in total. The van der Waals surface area contributed by atoms with Crippen molar-refractivity contribution in [2.75, 3.05) is 0 Å². The fraction of sp³-hybridized carbons (Fsp3) is 0.143. The van der Waals surface area contributed by atoms with Gasteiger partial charge in [0, 0.05) is 8.47 Å². The quantitative estimate of drug-likeness (QED) is 0.516. The molecule has 0 atom stereocenters. The summed E-state index contributed by atoms with van der Waals surface area (Å²) in [6, 6.07) is 2.81. The molecule has 0 radical (unpaired) electrons. The maximum atomic E-state index is 12.1. The van der Waals surface area contributed by atoms with Crippen molar-refractivity contribution in [2.45, 2.75) is 10.4 Å². The summed E-state index contributed by atoms with van der Waals surface area (Å²) in [4.78, 5) is 0.0301. The Hall–Kier alpha value is 0.620. The van der Waals surface area contributed by atoms with Crippen molar-refractivity contribution >= 4 is 56.9 Å². The average molecular weight is 446 g/mol. The second kappa shape index (κ2) is 4.64. The number of phenolic OH excluding ortho intramolecular Hbond substituents is 1. The van der Waals surface area contributed by atoms with Gasteiger partial charge in [-0.15, -0.1) is 0 Å². The van der Waals surface area contributed by atoms with Gasteiger partial charge in [0.05, 0.1) is 3.57 Å². The van der Waals surface area contributed by atoms with Crippen molar-refractivity contribution in [3.63, 3.8) is 0 Å². The standard InChI is InChI=1S/C7H3F3I2OS/c8-7(9,10)14-5-2-3(11)1-4(13)6(5)12/h1-2,13H. The van der Waals surface area contributed by atoms with Gasteiger partial charge in [-0.25, -0.2) is 0 Å². The monoisotopic (exact) mass is 446 g/mol. The Kier molecular flexibility index (Phi) is 4.21. The molecule has 0 aliphatic heterocycles. The SMILES string of the molecule is Oc1cc(I)cc(SC(F)(F)F)c1I. The molecule has 0 unspecified atom stereocenters. The van der Waals surface area contributed by atoms with E-state index >= 15 is 0 Å². The molecular weight excluding hydrogens is 443 g/mol. The number of rotatable bonds is 1. The van der Waals surface area contributed by atoms with Gasteiger partial charge in [-0.3, -0.25) is 0 Å². The lowest BCUT2D eigenvalue weighted by Crippen LogP contribution is -2.00. The molecule has 0 amide bonds. The Bertz CT molecular complexity index is 354. The van der Waals surface area contributed by atoms with Gasteiger partial charge in [0.15, 0.2) is 0 Å². The van der Waals surface area contributed by atoms with Crippen molar-refractivity contribution < 1.29 is 18.3 Å². The lowest BCUT2D eigenvalue weighted by Gasteiger charge is -2.09. The molecule has 0 aliphatic rings. The predicted molar refractivity (Wildman–Crippen MR) is 65.5 cm³/mol. The molecular formula is C7H3F3I2OS. The highest BCUT2D eigenvalue weighted by molar-refractivity contribution is 14.1. The lowest BCUT2D eigenvalue weighted by molar-refractivity contribution is -0.0328. The van der Waals surface area contributed by atoms with Crippen LogP contribution >= 0.6 is 56.9 Å². The highest BCUT2D eigenvalue weighted by Gasteiger charge is 2.30. The molecule has 1 aromatic rings. The summed E-state index contributed by atoms with van der Waals surface area (Å²) >= 11 is 3.33. The Morgan fingerprint density at radius 3 is 2.29 bits per heavy atom. The molecule has 0 aromatic heterocycles. The molecule has 0 aliphatic carbocycles. The summed E-state index contributed by atoms with van der Waals surface area (Å²) in [6.45, 7) is 0. The average Bonchev–Trinajstić information content (AvgIpc) is 1.96. The van der Waals surface area contributed by atoms with E-state index in [9.17, 15) is 18.3 Å². The van der Waals surface area contributed by atoms with Crippen LogP contribution in [0.4, 0.5) is 13.2 Å². The highest BCUT2D eigenvalue weighted by atomic mass is 127. The highest BCUT2D eigenvalue weighted by Crippen LogP contribution is 2.41. The second-order valence-corrected chi connectivity index (χ2v) is 5.72. The minimum absolute atomic E-state index is 0.0301. The predicted octanol–water partition coefficient (Wildman–Crippen LogP) is 4.21. The molecule has 1 aromatic carbocycles. The molecule has 78 valence electrons. The van der Waals surface area contributed by atoms with Crippen LogP contribution in [-0.4, -0.2) is 10.6 Å². The third-order valence-electron chi connectivity index (χ3n) is 1.21. The van der Waals surface area contributed by atoms with Crippen LogP contribution in [0.15, 0.2) is 17.0 Å². The van der Waals surface area contributed by atoms with E-state index in [0.717, 1.165) is 0 Å². The molecule has 1 rings (SSSR count). The van der Waals surface area contributed by atoms with E-state index in [1.54, 1.807) is 22.6 Å². The Balaban J connectivity index is 3.09. The van der Waals surface area contributed by atoms with Crippen molar-refractivity contribution in [1.82, 2.24) is 0 Å². The van der Waals surface area contributed by atoms with Gasteiger partial charge in [-0.2, -0.15) is 13.2 Å². The summed E-state index contributed by atoms with van der Waals surface area (Å²) in [5, 5.41) is 9.28. The van der Waals surface area contributed by atoms with Gasteiger partial charge in [0.2, 0.25) is 0 Å². The van der Waals surface area contributed by atoms with E-state index < -0.39 is 5.51 Å². The first-order valence-electron chi connectivity index (χ1n) is 3.23. The summed E-state index contributed by atoms with van der Waals surface area (Å²) in [5.74, 6) is -0.121. The Morgan fingerprint density at radius 2 is 1.79 bits per heavy atom. The third-order valence-corrected chi connectivity index (χ3v) is 4.11. The summed E-state index contributed by atoms with van der Waals surface area (Å²) < 4.78 is 37.0. The van der Waals surface area contributed by atoms with Gasteiger partial charge in [0.1, 0.15) is 5.75 Å². The topological polar surface area (TPSA) is 20.2 Å². The Labute approximate surface area is 110 Å². The summed E-state index contributed by atoms with van der Waals surface area (Å²) in [5.41, 5.74) is -4.32. The first-order valence-corrected chi connectivity index (χ1v) is 6.21. The van der Waals surface area contributed by atoms with E-state index in [0.29, 0.717) is 3.57 Å². The molecule has 0 spiro atoms. The van der Waals surface area contributed by atoms with Gasteiger partial charge in [0.25, 0.3) is 0 Å². The molecule has 0 fully saturated rings. The van der Waals surface area contributed by atoms with E-state index in [1.165, 1.54) is 12.1 Å². The van der Waals surface area contributed by atoms with Crippen LogP contribution in [0.25, 0.3) is 0 Å². The minimum atomic E-state index is -4.32. The lowest BCUT2D eigenvalue weighted by atomic mass is 10.3. The zero-order valence-electron chi connectivity index (χ0n) is 6.40. The van der Waals surface area contributed by atoms with Crippen LogP contribution in [0.5, 0.6) is 5.75 Å². The summed E-state index contributed by atoms with van der Waals surface area (Å²) in [7, 11) is 0. The zero-order valence-corrected chi connectivity index (χ0v) is 11.5. The first kappa shape index (κ1) is 12.7. The first-order chi connectivity index (χ1) is 6.29. The van der Waals surface area contributed by atoms with E-state index in [4.69, 9.17) is 0 Å². The van der Waals surface area contributed by atoms with Crippen molar-refractivity contribution in [2.24, 2.45) is 0 Å². The van der Waals surface area contributed by atoms with Crippen LogP contribution in [0.1, 0.15) is 0 Å². The smallest absolute Gasteiger partial charge is 0.446 e. The van der Waals surface area contributed by atoms with Crippen LogP contribution in [0, 0.1) is 7.14 Å². The molecule has 7 heteroatoms. The van der Waals surface area contributed by atoms with Crippen LogP contribution in [0.2, 0.25) is 0 Å². The fourth-order valence-corrected chi connectivity index (χ4v) is 2.84. The van der Waals surface area contributed by atoms with Gasteiger partial charge in [-0.1, -0.05) is 0 Å². The molecule has 0 heterocycles. The normalized spacial score (nSPS) is 11.8. The Morgan fingerprint density at radius 1 is 1.21 bits per heavy atom. The van der Waals surface area contributed by atoms with Gasteiger partial charge < -0.3 is 5.11 Å². The van der Waals surface area contributed by atoms with E-state index in [2.05, 4.69) is 0 Å². The number of aromatic hydroxyl groups is 1. The number of alkyl halides is 3. The van der Waals surface area contributed by atoms with Crippen molar-refractivity contribution in [1.29, 1.82) is 0 Å². The fourth-order valence-electron chi connectivity index (χ4n) is 0.749. The third kappa shape index (κ3) is 3.65. The van der Waals surface area contributed by atoms with Crippen LogP contribution in [-0.2, 0) is 0 Å². The summed E-state index contributed by atoms with van der Waals surface area (Å²) in [6.07, 6.45) is 0. The van der Waals surface area contributed by atoms with Crippen molar-refractivity contribution in [3.05, 3.63) is 19.3 Å².